The molecule has 0 aromatic heterocycles. The highest BCUT2D eigenvalue weighted by Crippen LogP contribution is 2.48. The zero-order chi connectivity index (χ0) is 18.0. The summed E-state index contributed by atoms with van der Waals surface area (Å²) in [6, 6.07) is 0. The Labute approximate surface area is 166 Å². The molecule has 2 saturated heterocycles. The molecule has 0 radical (unpaired) electrons. The maximum absolute atomic E-state index is 12.7. The van der Waals surface area contributed by atoms with Crippen LogP contribution in [0.15, 0.2) is 0 Å². The molecule has 4 rings (SSSR count). The second kappa shape index (κ2) is 7.94. The van der Waals surface area contributed by atoms with E-state index in [1.165, 1.54) is 51.4 Å². The quantitative estimate of drug-likeness (QED) is 0.715. The minimum Gasteiger partial charge on any atom is -0.326 e. The number of hydrogen-bond donors (Lipinski definition) is 0. The third-order valence-corrected chi connectivity index (χ3v) is 9.95. The van der Waals surface area contributed by atoms with E-state index in [1.807, 2.05) is 23.5 Å². The van der Waals surface area contributed by atoms with Crippen LogP contribution in [0.4, 0.5) is 0 Å². The third-order valence-electron chi connectivity index (χ3n) is 6.83. The van der Waals surface area contributed by atoms with Gasteiger partial charge >= 0.3 is 0 Å². The van der Waals surface area contributed by atoms with Gasteiger partial charge in [0.05, 0.1) is 21.2 Å². The van der Waals surface area contributed by atoms with E-state index in [4.69, 9.17) is 0 Å². The van der Waals surface area contributed by atoms with Crippen LogP contribution in [0.2, 0.25) is 0 Å². The van der Waals surface area contributed by atoms with Gasteiger partial charge in [-0.05, 0) is 25.7 Å². The smallest absolute Gasteiger partial charge is 0.233 e. The normalized spacial score (nSPS) is 28.8. The van der Waals surface area contributed by atoms with Gasteiger partial charge in [0.15, 0.2) is 0 Å². The van der Waals surface area contributed by atoms with Crippen molar-refractivity contribution in [3.63, 3.8) is 0 Å². The summed E-state index contributed by atoms with van der Waals surface area (Å²) in [4.78, 5) is 29.7. The first-order valence-electron chi connectivity index (χ1n) is 10.5. The van der Waals surface area contributed by atoms with E-state index in [0.717, 1.165) is 38.8 Å². The average molecular weight is 397 g/mol. The maximum Gasteiger partial charge on any atom is 0.233 e. The van der Waals surface area contributed by atoms with Gasteiger partial charge in [0.1, 0.15) is 0 Å². The number of hydrogen-bond acceptors (Lipinski definition) is 4. The molecule has 0 atom stereocenters. The third kappa shape index (κ3) is 3.52. The van der Waals surface area contributed by atoms with Crippen LogP contribution in [-0.4, -0.2) is 56.0 Å². The lowest BCUT2D eigenvalue weighted by Crippen LogP contribution is -2.51. The fourth-order valence-corrected chi connectivity index (χ4v) is 8.35. The first-order chi connectivity index (χ1) is 12.7. The van der Waals surface area contributed by atoms with E-state index in [-0.39, 0.29) is 9.74 Å². The van der Waals surface area contributed by atoms with E-state index in [1.54, 1.807) is 0 Å². The number of nitrogens with zero attached hydrogens (tertiary/aromatic N) is 2. The number of thioether (sulfide) groups is 2. The molecule has 2 heterocycles. The van der Waals surface area contributed by atoms with Crippen LogP contribution in [-0.2, 0) is 9.59 Å². The van der Waals surface area contributed by atoms with Crippen molar-refractivity contribution in [2.75, 3.05) is 24.6 Å². The van der Waals surface area contributed by atoms with Gasteiger partial charge in [-0.2, -0.15) is 0 Å². The Morgan fingerprint density at radius 3 is 1.31 bits per heavy atom. The highest BCUT2D eigenvalue weighted by atomic mass is 32.2. The highest BCUT2D eigenvalue weighted by Gasteiger charge is 2.49. The van der Waals surface area contributed by atoms with E-state index in [0.29, 0.717) is 23.3 Å². The van der Waals surface area contributed by atoms with E-state index < -0.39 is 0 Å². The number of carbonyl (C=O) groups is 2. The lowest BCUT2D eigenvalue weighted by Gasteiger charge is -2.41. The summed E-state index contributed by atoms with van der Waals surface area (Å²) in [7, 11) is 0. The monoisotopic (exact) mass is 396 g/mol. The van der Waals surface area contributed by atoms with Gasteiger partial charge in [0, 0.05) is 13.1 Å². The molecule has 2 aliphatic carbocycles. The van der Waals surface area contributed by atoms with Crippen LogP contribution < -0.4 is 0 Å². The Hall–Kier alpha value is -0.360. The topological polar surface area (TPSA) is 40.6 Å². The molecule has 6 heteroatoms. The Balaban J connectivity index is 1.47. The molecule has 2 saturated carbocycles. The van der Waals surface area contributed by atoms with Gasteiger partial charge in [-0.15, -0.1) is 23.5 Å². The lowest BCUT2D eigenvalue weighted by molar-refractivity contribution is -0.135. The average Bonchev–Trinajstić information content (AvgIpc) is 2.92. The standard InChI is InChI=1S/C20H32N2O2S2/c23-17-15-25-19(9-5-1-2-6-10-19)21(17)13-14-22-18(24)16-26-20(22)11-7-3-4-8-12-20/h1-16H2. The van der Waals surface area contributed by atoms with E-state index >= 15 is 0 Å². The minimum absolute atomic E-state index is 0.0279. The van der Waals surface area contributed by atoms with E-state index in [9.17, 15) is 9.59 Å². The summed E-state index contributed by atoms with van der Waals surface area (Å²) in [5, 5.41) is 0. The molecule has 0 aromatic carbocycles. The SMILES string of the molecule is O=C1CSC2(CCCCCC2)N1CCN1C(=O)CSC12CCCCCC2. The molecule has 26 heavy (non-hydrogen) atoms. The van der Waals surface area contributed by atoms with Crippen molar-refractivity contribution in [3.05, 3.63) is 0 Å². The first-order valence-corrected chi connectivity index (χ1v) is 12.5. The Morgan fingerprint density at radius 1 is 0.615 bits per heavy atom. The number of amides is 2. The predicted octanol–water partition coefficient (Wildman–Crippen LogP) is 4.24. The summed E-state index contributed by atoms with van der Waals surface area (Å²) in [6.07, 6.45) is 14.7. The van der Waals surface area contributed by atoms with Crippen LogP contribution in [0.25, 0.3) is 0 Å². The van der Waals surface area contributed by atoms with Crippen LogP contribution in [0.3, 0.4) is 0 Å². The van der Waals surface area contributed by atoms with Crippen LogP contribution >= 0.6 is 23.5 Å². The zero-order valence-electron chi connectivity index (χ0n) is 15.8. The molecule has 4 nitrogen and oxygen atoms in total. The summed E-state index contributed by atoms with van der Waals surface area (Å²) >= 11 is 3.75. The van der Waals surface area contributed by atoms with Crippen molar-refractivity contribution in [1.29, 1.82) is 0 Å². The van der Waals surface area contributed by atoms with Crippen molar-refractivity contribution < 1.29 is 9.59 Å². The fraction of sp³-hybridized carbons (Fsp3) is 0.900. The number of carbonyl (C=O) groups excluding carboxylic acids is 2. The van der Waals surface area contributed by atoms with Crippen molar-refractivity contribution in [3.8, 4) is 0 Å². The van der Waals surface area contributed by atoms with Crippen LogP contribution in [0.5, 0.6) is 0 Å². The Bertz CT molecular complexity index is 490. The molecular formula is C20H32N2O2S2. The molecule has 2 spiro atoms. The minimum atomic E-state index is 0.0279. The van der Waals surface area contributed by atoms with Gasteiger partial charge < -0.3 is 9.80 Å². The molecule has 0 aromatic rings. The highest BCUT2D eigenvalue weighted by molar-refractivity contribution is 8.02. The molecular weight excluding hydrogens is 364 g/mol. The molecule has 0 N–H and O–H groups in total. The summed E-state index contributed by atoms with van der Waals surface area (Å²) in [6.45, 7) is 1.47. The molecule has 4 fully saturated rings. The van der Waals surface area contributed by atoms with Gasteiger partial charge in [-0.1, -0.05) is 51.4 Å². The molecule has 0 unspecified atom stereocenters. The summed E-state index contributed by atoms with van der Waals surface area (Å²) in [5.41, 5.74) is 0. The molecule has 2 amide bonds. The predicted molar refractivity (Wildman–Crippen MR) is 109 cm³/mol. The first kappa shape index (κ1) is 19.0. The molecule has 0 bridgehead atoms. The Kier molecular flexibility index (Phi) is 5.80. The van der Waals surface area contributed by atoms with E-state index in [2.05, 4.69) is 9.80 Å². The van der Waals surface area contributed by atoms with Gasteiger partial charge in [0.25, 0.3) is 0 Å². The Morgan fingerprint density at radius 2 is 0.962 bits per heavy atom. The molecule has 4 aliphatic rings. The van der Waals surface area contributed by atoms with Crippen LogP contribution in [0.1, 0.15) is 77.0 Å². The summed E-state index contributed by atoms with van der Waals surface area (Å²) in [5.74, 6) is 1.86. The fourth-order valence-electron chi connectivity index (χ4n) is 5.41. The maximum atomic E-state index is 12.7. The van der Waals surface area contributed by atoms with Crippen molar-refractivity contribution in [2.45, 2.75) is 86.8 Å². The molecule has 146 valence electrons. The lowest BCUT2D eigenvalue weighted by atomic mass is 10.0. The second-order valence-electron chi connectivity index (χ2n) is 8.39. The van der Waals surface area contributed by atoms with Gasteiger partial charge in [-0.25, -0.2) is 0 Å². The largest absolute Gasteiger partial charge is 0.326 e. The van der Waals surface area contributed by atoms with Gasteiger partial charge in [0.2, 0.25) is 11.8 Å². The summed E-state index contributed by atoms with van der Waals surface area (Å²) < 4.78 is 0. The molecule has 2 aliphatic heterocycles. The van der Waals surface area contributed by atoms with Crippen molar-refractivity contribution in [1.82, 2.24) is 9.80 Å². The van der Waals surface area contributed by atoms with Crippen molar-refractivity contribution >= 4 is 35.3 Å². The second-order valence-corrected chi connectivity index (χ2v) is 11.1. The van der Waals surface area contributed by atoms with Gasteiger partial charge in [-0.3, -0.25) is 9.59 Å². The zero-order valence-corrected chi connectivity index (χ0v) is 17.5. The number of rotatable bonds is 3. The van der Waals surface area contributed by atoms with Crippen molar-refractivity contribution in [2.24, 2.45) is 0 Å². The van der Waals surface area contributed by atoms with Crippen LogP contribution in [0, 0.1) is 0 Å².